The Bertz CT molecular complexity index is 596. The van der Waals surface area contributed by atoms with Gasteiger partial charge in [-0.3, -0.25) is 0 Å². The molecule has 1 unspecified atom stereocenters. The van der Waals surface area contributed by atoms with E-state index in [-0.39, 0.29) is 11.6 Å². The Morgan fingerprint density at radius 2 is 1.89 bits per heavy atom. The zero-order valence-corrected chi connectivity index (χ0v) is 12.0. The molecular formula is C15H14BrF2N. The van der Waals surface area contributed by atoms with Gasteiger partial charge in [-0.2, -0.15) is 0 Å². The molecule has 2 aromatic carbocycles. The van der Waals surface area contributed by atoms with Gasteiger partial charge in [0.05, 0.1) is 0 Å². The van der Waals surface area contributed by atoms with Crippen molar-refractivity contribution >= 4 is 15.9 Å². The summed E-state index contributed by atoms with van der Waals surface area (Å²) in [4.78, 5) is 0. The van der Waals surface area contributed by atoms with Crippen LogP contribution in [0.3, 0.4) is 0 Å². The second kappa shape index (κ2) is 5.39. The van der Waals surface area contributed by atoms with Crippen LogP contribution < -0.4 is 5.73 Å². The summed E-state index contributed by atoms with van der Waals surface area (Å²) in [6.45, 7) is 1.77. The first-order valence-corrected chi connectivity index (χ1v) is 6.67. The monoisotopic (exact) mass is 325 g/mol. The molecule has 0 aliphatic rings. The minimum Gasteiger partial charge on any atom is -0.321 e. The maximum absolute atomic E-state index is 13.7. The highest BCUT2D eigenvalue weighted by molar-refractivity contribution is 9.10. The molecule has 0 bridgehead atoms. The zero-order chi connectivity index (χ0) is 14.0. The van der Waals surface area contributed by atoms with Gasteiger partial charge in [0.2, 0.25) is 0 Å². The number of halogens is 3. The summed E-state index contributed by atoms with van der Waals surface area (Å²) < 4.78 is 27.8. The van der Waals surface area contributed by atoms with E-state index in [1.807, 2.05) is 0 Å². The fourth-order valence-electron chi connectivity index (χ4n) is 2.02. The van der Waals surface area contributed by atoms with Gasteiger partial charge in [0.15, 0.2) is 0 Å². The van der Waals surface area contributed by atoms with Crippen LogP contribution in [-0.2, 0) is 12.0 Å². The first-order chi connectivity index (χ1) is 8.88. The average molecular weight is 326 g/mol. The van der Waals surface area contributed by atoms with Crippen molar-refractivity contribution < 1.29 is 8.78 Å². The van der Waals surface area contributed by atoms with Crippen LogP contribution in [0.4, 0.5) is 8.78 Å². The Labute approximate surface area is 119 Å². The topological polar surface area (TPSA) is 26.0 Å². The molecule has 0 amide bonds. The average Bonchev–Trinajstić information content (AvgIpc) is 2.33. The zero-order valence-electron chi connectivity index (χ0n) is 10.5. The van der Waals surface area contributed by atoms with E-state index in [2.05, 4.69) is 15.9 Å². The Balaban J connectivity index is 2.33. The van der Waals surface area contributed by atoms with Crippen molar-refractivity contribution in [3.05, 3.63) is 69.7 Å². The van der Waals surface area contributed by atoms with Crippen molar-refractivity contribution in [1.29, 1.82) is 0 Å². The molecule has 0 saturated heterocycles. The third-order valence-electron chi connectivity index (χ3n) is 3.05. The summed E-state index contributed by atoms with van der Waals surface area (Å²) in [5.74, 6) is -0.653. The van der Waals surface area contributed by atoms with E-state index in [1.165, 1.54) is 18.2 Å². The maximum Gasteiger partial charge on any atom is 0.126 e. The third kappa shape index (κ3) is 3.39. The molecular weight excluding hydrogens is 312 g/mol. The van der Waals surface area contributed by atoms with Gasteiger partial charge in [0.1, 0.15) is 11.6 Å². The molecule has 100 valence electrons. The minimum atomic E-state index is -0.830. The Morgan fingerprint density at radius 3 is 2.58 bits per heavy atom. The second-order valence-corrected chi connectivity index (χ2v) is 5.76. The smallest absolute Gasteiger partial charge is 0.126 e. The van der Waals surface area contributed by atoms with Crippen molar-refractivity contribution in [3.63, 3.8) is 0 Å². The lowest BCUT2D eigenvalue weighted by Crippen LogP contribution is -2.35. The summed E-state index contributed by atoms with van der Waals surface area (Å²) in [5, 5.41) is 0. The highest BCUT2D eigenvalue weighted by Gasteiger charge is 2.23. The van der Waals surface area contributed by atoms with Gasteiger partial charge in [-0.15, -0.1) is 0 Å². The van der Waals surface area contributed by atoms with E-state index in [0.717, 1.165) is 4.47 Å². The van der Waals surface area contributed by atoms with E-state index >= 15 is 0 Å². The Kier molecular flexibility index (Phi) is 4.02. The SMILES string of the molecule is CC(N)(Cc1cc(Br)ccc1F)c1cccc(F)c1. The van der Waals surface area contributed by atoms with Crippen LogP contribution in [0, 0.1) is 11.6 Å². The summed E-state index contributed by atoms with van der Waals surface area (Å²) in [6.07, 6.45) is 0.293. The molecule has 0 saturated carbocycles. The van der Waals surface area contributed by atoms with Crippen molar-refractivity contribution in [2.45, 2.75) is 18.9 Å². The van der Waals surface area contributed by atoms with E-state index in [0.29, 0.717) is 17.5 Å². The molecule has 2 aromatic rings. The van der Waals surface area contributed by atoms with E-state index in [4.69, 9.17) is 5.73 Å². The summed E-state index contributed by atoms with van der Waals surface area (Å²) in [7, 11) is 0. The number of nitrogens with two attached hydrogens (primary N) is 1. The van der Waals surface area contributed by atoms with E-state index < -0.39 is 5.54 Å². The summed E-state index contributed by atoms with van der Waals surface area (Å²) in [6, 6.07) is 10.8. The van der Waals surface area contributed by atoms with Crippen molar-refractivity contribution in [2.75, 3.05) is 0 Å². The molecule has 0 heterocycles. The largest absolute Gasteiger partial charge is 0.321 e. The lowest BCUT2D eigenvalue weighted by Gasteiger charge is -2.25. The van der Waals surface area contributed by atoms with Gasteiger partial charge in [-0.1, -0.05) is 28.1 Å². The molecule has 2 rings (SSSR count). The van der Waals surface area contributed by atoms with Gasteiger partial charge >= 0.3 is 0 Å². The number of hydrogen-bond acceptors (Lipinski definition) is 1. The standard InChI is InChI=1S/C15H14BrF2N/c1-15(19,11-3-2-4-13(17)8-11)9-10-7-12(16)5-6-14(10)18/h2-8H,9,19H2,1H3. The highest BCUT2D eigenvalue weighted by Crippen LogP contribution is 2.26. The van der Waals surface area contributed by atoms with Crippen LogP contribution in [0.25, 0.3) is 0 Å². The van der Waals surface area contributed by atoms with E-state index in [9.17, 15) is 8.78 Å². The molecule has 19 heavy (non-hydrogen) atoms. The molecule has 0 aromatic heterocycles. The van der Waals surface area contributed by atoms with Gasteiger partial charge < -0.3 is 5.73 Å². The number of hydrogen-bond donors (Lipinski definition) is 1. The predicted octanol–water partition coefficient (Wildman–Crippen LogP) is 4.14. The van der Waals surface area contributed by atoms with Crippen molar-refractivity contribution in [1.82, 2.24) is 0 Å². The fourth-order valence-corrected chi connectivity index (χ4v) is 2.43. The molecule has 0 fully saturated rings. The van der Waals surface area contributed by atoms with Crippen molar-refractivity contribution in [3.8, 4) is 0 Å². The van der Waals surface area contributed by atoms with Crippen LogP contribution in [0.5, 0.6) is 0 Å². The molecule has 0 aliphatic carbocycles. The van der Waals surface area contributed by atoms with Crippen molar-refractivity contribution in [2.24, 2.45) is 5.73 Å². The van der Waals surface area contributed by atoms with Crippen LogP contribution in [0.1, 0.15) is 18.1 Å². The van der Waals surface area contributed by atoms with Gasteiger partial charge in [-0.05, 0) is 54.8 Å². The molecule has 1 nitrogen and oxygen atoms in total. The van der Waals surface area contributed by atoms with Crippen LogP contribution in [-0.4, -0.2) is 0 Å². The van der Waals surface area contributed by atoms with E-state index in [1.54, 1.807) is 31.2 Å². The van der Waals surface area contributed by atoms with Gasteiger partial charge in [0, 0.05) is 10.0 Å². The minimum absolute atomic E-state index is 0.293. The second-order valence-electron chi connectivity index (χ2n) is 4.84. The lowest BCUT2D eigenvalue weighted by molar-refractivity contribution is 0.471. The molecule has 0 radical (unpaired) electrons. The molecule has 4 heteroatoms. The highest BCUT2D eigenvalue weighted by atomic mass is 79.9. The lowest BCUT2D eigenvalue weighted by atomic mass is 9.86. The Morgan fingerprint density at radius 1 is 1.16 bits per heavy atom. The fraction of sp³-hybridized carbons (Fsp3) is 0.200. The molecule has 0 spiro atoms. The van der Waals surface area contributed by atoms with Crippen LogP contribution >= 0.6 is 15.9 Å². The third-order valence-corrected chi connectivity index (χ3v) is 3.54. The first kappa shape index (κ1) is 14.2. The number of benzene rings is 2. The van der Waals surface area contributed by atoms with Gasteiger partial charge in [-0.25, -0.2) is 8.78 Å². The van der Waals surface area contributed by atoms with Gasteiger partial charge in [0.25, 0.3) is 0 Å². The first-order valence-electron chi connectivity index (χ1n) is 5.87. The summed E-state index contributed by atoms with van der Waals surface area (Å²) >= 11 is 3.30. The normalized spacial score (nSPS) is 14.2. The maximum atomic E-state index is 13.7. The number of rotatable bonds is 3. The quantitative estimate of drug-likeness (QED) is 0.901. The predicted molar refractivity (Wildman–Crippen MR) is 75.7 cm³/mol. The Hall–Kier alpha value is -1.26. The van der Waals surface area contributed by atoms with Crippen LogP contribution in [0.2, 0.25) is 0 Å². The molecule has 1 atom stereocenters. The van der Waals surface area contributed by atoms with Crippen LogP contribution in [0.15, 0.2) is 46.9 Å². The summed E-state index contributed by atoms with van der Waals surface area (Å²) in [5.41, 5.74) is 6.53. The molecule has 0 aliphatic heterocycles. The molecule has 2 N–H and O–H groups in total.